The molecule has 62 heavy (non-hydrogen) atoms. The van der Waals surface area contributed by atoms with E-state index < -0.39 is 46.0 Å². The van der Waals surface area contributed by atoms with Crippen molar-refractivity contribution in [3.05, 3.63) is 107 Å². The van der Waals surface area contributed by atoms with E-state index in [1.165, 1.54) is 0 Å². The van der Waals surface area contributed by atoms with Gasteiger partial charge in [0, 0.05) is 11.4 Å². The van der Waals surface area contributed by atoms with Gasteiger partial charge in [0.2, 0.25) is 0 Å². The fourth-order valence-corrected chi connectivity index (χ4v) is 7.24. The second kappa shape index (κ2) is 15.0. The van der Waals surface area contributed by atoms with Crippen molar-refractivity contribution in [3.8, 4) is 45.3 Å². The predicted octanol–water partition coefficient (Wildman–Crippen LogP) is 10.5. The SMILES string of the molecule is CC(C)(C)Oc1c(OC(C)(C)C)c(N2C(=O)c3ccc(-c4ccc(N)cc4)cc3C2=O)c(OC(C)(C)C)c(OC(C)(C)C)c1N1C(=O)c2ccc(-c3ccc(N)cc3)cc2C1=O. The van der Waals surface area contributed by atoms with Crippen LogP contribution in [0.5, 0.6) is 23.0 Å². The van der Waals surface area contributed by atoms with Crippen LogP contribution in [-0.4, -0.2) is 46.0 Å². The van der Waals surface area contributed by atoms with E-state index in [4.69, 9.17) is 30.4 Å². The molecule has 0 radical (unpaired) electrons. The molecule has 5 aromatic carbocycles. The Balaban J connectivity index is 1.56. The van der Waals surface area contributed by atoms with Gasteiger partial charge in [-0.15, -0.1) is 0 Å². The Hall–Kier alpha value is -6.82. The summed E-state index contributed by atoms with van der Waals surface area (Å²) in [6.45, 7) is 21.5. The first-order valence-corrected chi connectivity index (χ1v) is 20.5. The summed E-state index contributed by atoms with van der Waals surface area (Å²) in [6, 6.07) is 24.5. The molecule has 0 saturated carbocycles. The maximum atomic E-state index is 15.0. The van der Waals surface area contributed by atoms with Crippen LogP contribution in [0.2, 0.25) is 0 Å². The number of nitrogens with zero attached hydrogens (tertiary/aromatic N) is 2. The van der Waals surface area contributed by atoms with Crippen molar-refractivity contribution in [3.63, 3.8) is 0 Å². The Morgan fingerprint density at radius 3 is 0.855 bits per heavy atom. The quantitative estimate of drug-likeness (QED) is 0.114. The fourth-order valence-electron chi connectivity index (χ4n) is 7.24. The van der Waals surface area contributed by atoms with Crippen molar-refractivity contribution in [1.29, 1.82) is 0 Å². The summed E-state index contributed by atoms with van der Waals surface area (Å²) in [7, 11) is 0. The molecule has 0 aromatic heterocycles. The fraction of sp³-hybridized carbons (Fsp3) is 0.320. The second-order valence-corrected chi connectivity index (χ2v) is 19.5. The average Bonchev–Trinajstić information content (AvgIpc) is 3.55. The summed E-state index contributed by atoms with van der Waals surface area (Å²) in [5.74, 6) is -3.09. The molecule has 0 atom stereocenters. The zero-order valence-corrected chi connectivity index (χ0v) is 37.4. The van der Waals surface area contributed by atoms with Crippen LogP contribution < -0.4 is 40.2 Å². The Kier molecular flexibility index (Phi) is 10.4. The van der Waals surface area contributed by atoms with E-state index in [2.05, 4.69) is 0 Å². The summed E-state index contributed by atoms with van der Waals surface area (Å²) in [4.78, 5) is 61.7. The van der Waals surface area contributed by atoms with Crippen molar-refractivity contribution >= 4 is 46.4 Å². The molecule has 5 aromatic rings. The number of fused-ring (bicyclic) bond motifs is 2. The number of carbonyl (C=O) groups excluding carboxylic acids is 4. The Morgan fingerprint density at radius 2 is 0.597 bits per heavy atom. The summed E-state index contributed by atoms with van der Waals surface area (Å²) in [6.07, 6.45) is 0. The Labute approximate surface area is 362 Å². The van der Waals surface area contributed by atoms with Crippen LogP contribution in [0.15, 0.2) is 84.9 Å². The molecule has 4 amide bonds. The molecule has 12 nitrogen and oxygen atoms in total. The molecule has 322 valence electrons. The van der Waals surface area contributed by atoms with E-state index in [1.807, 2.05) is 24.3 Å². The first kappa shape index (κ1) is 43.3. The highest BCUT2D eigenvalue weighted by atomic mass is 16.6. The first-order chi connectivity index (χ1) is 28.7. The highest BCUT2D eigenvalue weighted by molar-refractivity contribution is 6.38. The minimum atomic E-state index is -1.01. The number of ether oxygens (including phenoxy) is 4. The van der Waals surface area contributed by atoms with E-state index >= 15 is 9.59 Å². The molecule has 0 aliphatic carbocycles. The van der Waals surface area contributed by atoms with Gasteiger partial charge >= 0.3 is 0 Å². The highest BCUT2D eigenvalue weighted by Gasteiger charge is 2.49. The number of nitrogen functional groups attached to an aromatic ring is 2. The van der Waals surface area contributed by atoms with Crippen LogP contribution in [-0.2, 0) is 0 Å². The van der Waals surface area contributed by atoms with E-state index in [-0.39, 0.29) is 56.6 Å². The van der Waals surface area contributed by atoms with Gasteiger partial charge in [-0.2, -0.15) is 0 Å². The zero-order chi connectivity index (χ0) is 45.4. The first-order valence-electron chi connectivity index (χ1n) is 20.5. The maximum absolute atomic E-state index is 15.0. The van der Waals surface area contributed by atoms with Crippen molar-refractivity contribution in [2.45, 2.75) is 105 Å². The van der Waals surface area contributed by atoms with Crippen LogP contribution >= 0.6 is 0 Å². The van der Waals surface area contributed by atoms with Gasteiger partial charge in [-0.3, -0.25) is 19.2 Å². The number of hydrogen-bond donors (Lipinski definition) is 2. The number of anilines is 4. The maximum Gasteiger partial charge on any atom is 0.266 e. The summed E-state index contributed by atoms with van der Waals surface area (Å²) in [5, 5.41) is 0. The third-order valence-electron chi connectivity index (χ3n) is 9.61. The minimum Gasteiger partial charge on any atom is -0.482 e. The molecule has 4 N–H and O–H groups in total. The van der Waals surface area contributed by atoms with Crippen LogP contribution in [0.25, 0.3) is 22.3 Å². The van der Waals surface area contributed by atoms with Gasteiger partial charge < -0.3 is 30.4 Å². The lowest BCUT2D eigenvalue weighted by Crippen LogP contribution is -2.37. The lowest BCUT2D eigenvalue weighted by molar-refractivity contribution is 0.0790. The van der Waals surface area contributed by atoms with E-state index in [0.717, 1.165) is 20.9 Å². The number of benzene rings is 5. The topological polar surface area (TPSA) is 164 Å². The van der Waals surface area contributed by atoms with Gasteiger partial charge in [-0.05, 0) is 154 Å². The van der Waals surface area contributed by atoms with E-state index in [9.17, 15) is 9.59 Å². The molecule has 0 bridgehead atoms. The van der Waals surface area contributed by atoms with Gasteiger partial charge in [0.1, 0.15) is 33.8 Å². The van der Waals surface area contributed by atoms with Crippen LogP contribution in [0.1, 0.15) is 125 Å². The predicted molar refractivity (Wildman–Crippen MR) is 243 cm³/mol. The van der Waals surface area contributed by atoms with Gasteiger partial charge in [0.05, 0.1) is 22.3 Å². The van der Waals surface area contributed by atoms with Gasteiger partial charge in [0.15, 0.2) is 23.0 Å². The third kappa shape index (κ3) is 8.41. The number of hydrogen-bond acceptors (Lipinski definition) is 10. The summed E-state index contributed by atoms with van der Waals surface area (Å²) in [5.41, 5.74) is 12.4. The van der Waals surface area contributed by atoms with E-state index in [1.54, 1.807) is 144 Å². The molecule has 0 unspecified atom stereocenters. The Morgan fingerprint density at radius 1 is 0.355 bits per heavy atom. The number of rotatable bonds is 8. The van der Waals surface area contributed by atoms with Crippen LogP contribution in [0, 0.1) is 0 Å². The molecule has 2 heterocycles. The zero-order valence-electron chi connectivity index (χ0n) is 37.4. The smallest absolute Gasteiger partial charge is 0.266 e. The van der Waals surface area contributed by atoms with Crippen LogP contribution in [0.3, 0.4) is 0 Å². The molecule has 7 rings (SSSR count). The minimum absolute atomic E-state index is 0.111. The van der Waals surface area contributed by atoms with E-state index in [0.29, 0.717) is 22.5 Å². The largest absolute Gasteiger partial charge is 0.482 e. The third-order valence-corrected chi connectivity index (χ3v) is 9.61. The van der Waals surface area contributed by atoms with Crippen LogP contribution in [0.4, 0.5) is 22.7 Å². The molecule has 0 spiro atoms. The molecule has 0 saturated heterocycles. The van der Waals surface area contributed by atoms with Crippen molar-refractivity contribution in [2.24, 2.45) is 0 Å². The molecular formula is C50H54N4O8. The molecular weight excluding hydrogens is 785 g/mol. The molecule has 0 fully saturated rings. The lowest BCUT2D eigenvalue weighted by atomic mass is 10.00. The van der Waals surface area contributed by atoms with Crippen molar-refractivity contribution in [1.82, 2.24) is 0 Å². The summed E-state index contributed by atoms with van der Waals surface area (Å²) >= 11 is 0. The monoisotopic (exact) mass is 838 g/mol. The molecule has 2 aliphatic heterocycles. The van der Waals surface area contributed by atoms with Gasteiger partial charge in [0.25, 0.3) is 23.6 Å². The number of imide groups is 2. The number of carbonyl (C=O) groups is 4. The Bertz CT molecular complexity index is 2420. The molecule has 12 heteroatoms. The highest BCUT2D eigenvalue weighted by Crippen LogP contribution is 2.62. The molecule has 2 aliphatic rings. The standard InChI is InChI=1S/C50H54N4O8/c1-47(2,3)59-39-37(53-43(55)33-23-17-29(25-35(33)45(53)57)27-13-19-31(51)20-14-27)41(61-49(7,8)9)42(62-50(10,11)12)38(40(39)60-48(4,5)6)54-44(56)34-24-18-30(26-36(34)46(54)58)28-15-21-32(52)22-16-28/h13-26H,51-52H2,1-12H3. The lowest BCUT2D eigenvalue weighted by Gasteiger charge is -2.37. The number of amides is 4. The van der Waals surface area contributed by atoms with Gasteiger partial charge in [-0.25, -0.2) is 9.80 Å². The average molecular weight is 839 g/mol. The van der Waals surface area contributed by atoms with Crippen molar-refractivity contribution < 1.29 is 38.1 Å². The normalized spacial score (nSPS) is 14.3. The second-order valence-electron chi connectivity index (χ2n) is 19.5. The number of nitrogens with two attached hydrogens (primary N) is 2. The van der Waals surface area contributed by atoms with Gasteiger partial charge in [-0.1, -0.05) is 36.4 Å². The summed E-state index contributed by atoms with van der Waals surface area (Å²) < 4.78 is 27.3. The van der Waals surface area contributed by atoms with Crippen molar-refractivity contribution in [2.75, 3.05) is 21.3 Å².